The Balaban J connectivity index is 0.000000595. The van der Waals surface area contributed by atoms with E-state index in [-0.39, 0.29) is 58.9 Å². The number of rotatable bonds is 19. The summed E-state index contributed by atoms with van der Waals surface area (Å²) in [5, 5.41) is 9.62. The van der Waals surface area contributed by atoms with Gasteiger partial charge in [-0.05, 0) is 119 Å². The van der Waals surface area contributed by atoms with Crippen LogP contribution in [-0.2, 0) is 44.0 Å². The second kappa shape index (κ2) is 24.8. The van der Waals surface area contributed by atoms with Gasteiger partial charge >= 0.3 is 0 Å². The fraction of sp³-hybridized carbons (Fsp3) is 0.438. The molecule has 0 aliphatic carbocycles. The van der Waals surface area contributed by atoms with Crippen molar-refractivity contribution in [3.05, 3.63) is 113 Å². The van der Waals surface area contributed by atoms with E-state index in [4.69, 9.17) is 15.9 Å². The molecule has 6 rings (SSSR count). The van der Waals surface area contributed by atoms with E-state index in [2.05, 4.69) is 20.5 Å². The summed E-state index contributed by atoms with van der Waals surface area (Å²) < 4.78 is 73.7. The molecule has 0 saturated carbocycles. The molecule has 4 heterocycles. The van der Waals surface area contributed by atoms with Crippen LogP contribution in [0.4, 0.5) is 4.39 Å². The first kappa shape index (κ1) is 53.9. The molecule has 16 nitrogen and oxygen atoms in total. The average molecular weight is 965 g/mol. The molecule has 2 amide bonds. The van der Waals surface area contributed by atoms with Gasteiger partial charge in [0.05, 0.1) is 27.0 Å². The molecule has 0 spiro atoms. The number of aromatic amines is 1. The third kappa shape index (κ3) is 15.4. The van der Waals surface area contributed by atoms with Crippen molar-refractivity contribution in [1.29, 1.82) is 0 Å². The topological polar surface area (TPSA) is 245 Å². The second-order valence-electron chi connectivity index (χ2n) is 16.3. The number of pyridine rings is 1. The largest absolute Gasteiger partial charge is 0.455 e. The van der Waals surface area contributed by atoms with Crippen LogP contribution in [0.2, 0.25) is 0 Å². The lowest BCUT2D eigenvalue weighted by molar-refractivity contribution is -0.128. The minimum atomic E-state index is -3.54. The zero-order chi connectivity index (χ0) is 49.4. The number of aromatic nitrogens is 3. The Morgan fingerprint density at radius 2 is 1.63 bits per heavy atom. The summed E-state index contributed by atoms with van der Waals surface area (Å²) in [6.45, 7) is 12.7. The Kier molecular flexibility index (Phi) is 20.0. The first-order valence-electron chi connectivity index (χ1n) is 22.5. The fourth-order valence-corrected chi connectivity index (χ4v) is 10.5. The SMILES string of the molecule is CC.CC(=O)c1cnc2[nH]ncc2c1.CCN(CCCS(=O)(=O)c1ccc(CNC(=O)c2cc(/C=C\N)c(CCC(C)(F)CN3CCC(S(=O)(=O)c4ccc(CN)cc4)CC3)o2)cc1)C(C)=O. The predicted octanol–water partition coefficient (Wildman–Crippen LogP) is 6.42. The first-order valence-corrected chi connectivity index (χ1v) is 25.7. The highest BCUT2D eigenvalue weighted by Gasteiger charge is 2.35. The summed E-state index contributed by atoms with van der Waals surface area (Å²) in [5.41, 5.74) is 13.1. The van der Waals surface area contributed by atoms with E-state index < -0.39 is 36.5 Å². The number of carbonyl (C=O) groups excluding carboxylic acids is 3. The number of H-pyrrole nitrogens is 1. The Bertz CT molecular complexity index is 2660. The van der Waals surface area contributed by atoms with Crippen LogP contribution in [0.15, 0.2) is 93.5 Å². The van der Waals surface area contributed by atoms with Crippen LogP contribution < -0.4 is 16.8 Å². The number of nitrogens with two attached hydrogens (primary N) is 2. The minimum absolute atomic E-state index is 0.0191. The Morgan fingerprint density at radius 3 is 2.22 bits per heavy atom. The van der Waals surface area contributed by atoms with Crippen LogP contribution in [0.1, 0.15) is 111 Å². The van der Waals surface area contributed by atoms with Crippen molar-refractivity contribution in [2.24, 2.45) is 11.5 Å². The number of benzene rings is 2. The molecule has 3 aromatic heterocycles. The number of aryl methyl sites for hydroxylation is 1. The standard InChI is InChI=1S/C38H52FN5O7S2.C8H7N3O.C2H6/c1-4-44(28(2)45)20-5-23-52(47,48)32-10-8-30(9-11-32)26-42-37(46)36-24-31(15-19-40)35(51-36)14-18-38(3,39)27-43-21-16-34(17-22-43)53(49,50)33-12-6-29(25-41)7-13-33;1-5(12)6-2-7-4-10-11-8(7)9-3-6;1-2/h6-13,15,19,24,34H,4-5,14,16-18,20-23,25-27,40-41H2,1-3H3,(H,42,46);2-4H,1H3,(H,9,10,11);1-2H3/b19-15-;;. The van der Waals surface area contributed by atoms with Crippen LogP contribution in [0.3, 0.4) is 0 Å². The van der Waals surface area contributed by atoms with Crippen LogP contribution >= 0.6 is 0 Å². The van der Waals surface area contributed by atoms with Gasteiger partial charge in [0.1, 0.15) is 11.4 Å². The summed E-state index contributed by atoms with van der Waals surface area (Å²) in [6, 6.07) is 16.2. The molecule has 2 aromatic carbocycles. The molecule has 6 N–H and O–H groups in total. The Morgan fingerprint density at radius 1 is 0.985 bits per heavy atom. The van der Waals surface area contributed by atoms with Crippen molar-refractivity contribution < 1.29 is 40.0 Å². The summed E-state index contributed by atoms with van der Waals surface area (Å²) in [7, 11) is -7.05. The lowest BCUT2D eigenvalue weighted by Gasteiger charge is -2.35. The number of nitrogens with zero attached hydrogens (tertiary/aromatic N) is 4. The molecular weight excluding hydrogens is 900 g/mol. The molecule has 364 valence electrons. The van der Waals surface area contributed by atoms with Crippen LogP contribution in [0.5, 0.6) is 0 Å². The van der Waals surface area contributed by atoms with Gasteiger partial charge in [-0.15, -0.1) is 0 Å². The molecule has 0 radical (unpaired) electrons. The molecule has 67 heavy (non-hydrogen) atoms. The maximum atomic E-state index is 15.9. The Labute approximate surface area is 393 Å². The van der Waals surface area contributed by atoms with Crippen molar-refractivity contribution in [3.63, 3.8) is 0 Å². The molecule has 5 aromatic rings. The summed E-state index contributed by atoms with van der Waals surface area (Å²) >= 11 is 0. The minimum Gasteiger partial charge on any atom is -0.455 e. The third-order valence-electron chi connectivity index (χ3n) is 11.3. The fourth-order valence-electron chi connectivity index (χ4n) is 7.51. The average Bonchev–Trinajstić information content (AvgIpc) is 3.97. The summed E-state index contributed by atoms with van der Waals surface area (Å²) in [5.74, 6) is -0.231. The highest BCUT2D eigenvalue weighted by molar-refractivity contribution is 7.92. The van der Waals surface area contributed by atoms with E-state index in [1.165, 1.54) is 39.1 Å². The highest BCUT2D eigenvalue weighted by atomic mass is 32.2. The molecule has 1 fully saturated rings. The number of fused-ring (bicyclic) bond motifs is 1. The van der Waals surface area contributed by atoms with Crippen molar-refractivity contribution >= 4 is 54.4 Å². The van der Waals surface area contributed by atoms with Gasteiger partial charge in [-0.25, -0.2) is 26.2 Å². The molecule has 1 atom stereocenters. The van der Waals surface area contributed by atoms with Crippen molar-refractivity contribution in [2.45, 2.75) is 107 Å². The number of furan rings is 1. The molecule has 1 unspecified atom stereocenters. The lowest BCUT2D eigenvalue weighted by Crippen LogP contribution is -2.45. The van der Waals surface area contributed by atoms with Crippen molar-refractivity contribution in [3.8, 4) is 0 Å². The van der Waals surface area contributed by atoms with Crippen LogP contribution in [-0.4, -0.2) is 109 Å². The van der Waals surface area contributed by atoms with E-state index in [1.807, 2.05) is 25.7 Å². The Hall–Kier alpha value is -5.76. The zero-order valence-corrected chi connectivity index (χ0v) is 40.9. The number of likely N-dealkylation sites (tertiary alicyclic amines) is 1. The van der Waals surface area contributed by atoms with E-state index in [1.54, 1.807) is 71.9 Å². The van der Waals surface area contributed by atoms with Crippen molar-refractivity contribution in [1.82, 2.24) is 30.3 Å². The normalized spacial score (nSPS) is 14.4. The number of carbonyl (C=O) groups is 3. The van der Waals surface area contributed by atoms with Gasteiger partial charge in [-0.3, -0.25) is 19.5 Å². The number of ketones is 1. The van der Waals surface area contributed by atoms with E-state index in [0.717, 1.165) is 10.9 Å². The molecule has 1 aliphatic rings. The summed E-state index contributed by atoms with van der Waals surface area (Å²) in [6.07, 6.45) is 7.52. The van der Waals surface area contributed by atoms with Gasteiger partial charge in [0.2, 0.25) is 5.91 Å². The van der Waals surface area contributed by atoms with Gasteiger partial charge < -0.3 is 31.0 Å². The molecule has 1 saturated heterocycles. The quantitative estimate of drug-likeness (QED) is 0.0654. The van der Waals surface area contributed by atoms with Gasteiger partial charge in [0.25, 0.3) is 5.91 Å². The van der Waals surface area contributed by atoms with Gasteiger partial charge in [-0.2, -0.15) is 5.10 Å². The first-order chi connectivity index (χ1) is 31.8. The number of piperidine rings is 1. The van der Waals surface area contributed by atoms with Gasteiger partial charge in [-0.1, -0.05) is 38.1 Å². The predicted molar refractivity (Wildman–Crippen MR) is 258 cm³/mol. The smallest absolute Gasteiger partial charge is 0.287 e. The maximum absolute atomic E-state index is 15.9. The third-order valence-corrected chi connectivity index (χ3v) is 15.4. The van der Waals surface area contributed by atoms with E-state index in [0.29, 0.717) is 80.1 Å². The zero-order valence-electron chi connectivity index (χ0n) is 39.3. The number of nitrogens with one attached hydrogen (secondary N) is 2. The number of sulfone groups is 2. The van der Waals surface area contributed by atoms with E-state index in [9.17, 15) is 31.2 Å². The number of Topliss-reactive ketones (excluding diaryl/α,β-unsaturated/α-hetero) is 1. The second-order valence-corrected chi connectivity index (χ2v) is 20.7. The number of hydrogen-bond acceptors (Lipinski definition) is 13. The highest BCUT2D eigenvalue weighted by Crippen LogP contribution is 2.29. The number of amides is 2. The van der Waals surface area contributed by atoms with Crippen molar-refractivity contribution in [2.75, 3.05) is 38.5 Å². The lowest BCUT2D eigenvalue weighted by atomic mass is 9.98. The van der Waals surface area contributed by atoms with Gasteiger partial charge in [0, 0.05) is 68.8 Å². The van der Waals surface area contributed by atoms with Crippen LogP contribution in [0, 0.1) is 0 Å². The monoisotopic (exact) mass is 964 g/mol. The molecule has 0 bridgehead atoms. The molecule has 19 heteroatoms. The van der Waals surface area contributed by atoms with Gasteiger partial charge in [0.15, 0.2) is 36.9 Å². The number of alkyl halides is 1. The summed E-state index contributed by atoms with van der Waals surface area (Å²) in [4.78, 5) is 43.6. The number of hydrogen-bond donors (Lipinski definition) is 4. The van der Waals surface area contributed by atoms with E-state index >= 15 is 4.39 Å². The molecular formula is C48H65FN8O8S2. The molecule has 1 aliphatic heterocycles. The maximum Gasteiger partial charge on any atom is 0.287 e. The van der Waals surface area contributed by atoms with Crippen LogP contribution in [0.25, 0.3) is 17.1 Å². The number of halogens is 1.